The minimum Gasteiger partial charge on any atom is -0.384 e. The summed E-state index contributed by atoms with van der Waals surface area (Å²) in [5.74, 6) is 0.497. The molecule has 0 bridgehead atoms. The molecule has 2 aliphatic rings. The Labute approximate surface area is 205 Å². The van der Waals surface area contributed by atoms with Crippen molar-refractivity contribution in [2.45, 2.75) is 96.7 Å². The third-order valence-corrected chi connectivity index (χ3v) is 7.96. The number of carbonyl (C=O) groups excluding carboxylic acids is 1. The van der Waals surface area contributed by atoms with Gasteiger partial charge >= 0.3 is 0 Å². The number of aromatic nitrogens is 1. The van der Waals surface area contributed by atoms with Crippen molar-refractivity contribution < 1.29 is 4.79 Å². The van der Waals surface area contributed by atoms with E-state index in [4.69, 9.17) is 11.1 Å². The Morgan fingerprint density at radius 1 is 1.09 bits per heavy atom. The van der Waals surface area contributed by atoms with Crippen LogP contribution < -0.4 is 5.73 Å². The molecule has 3 heterocycles. The zero-order valence-electron chi connectivity index (χ0n) is 21.2. The Bertz CT molecular complexity index is 996. The van der Waals surface area contributed by atoms with Gasteiger partial charge < -0.3 is 15.2 Å². The van der Waals surface area contributed by atoms with Crippen LogP contribution in [0.5, 0.6) is 0 Å². The summed E-state index contributed by atoms with van der Waals surface area (Å²) in [6.45, 7) is 8.39. The molecule has 0 radical (unpaired) electrons. The molecular weight excluding hydrogens is 422 g/mol. The summed E-state index contributed by atoms with van der Waals surface area (Å²) >= 11 is 0. The first-order valence-electron chi connectivity index (χ1n) is 13.5. The number of aryl methyl sites for hydroxylation is 2. The standard InChI is InChI=1S/C28H43N5O/c1-3-5-6-7-16-31-17-9-11-25(31)28(34)33-18-8-10-23(33)14-15-24-19-21-12-13-22(27(29)30)20-26(21)32(24)4-2/h12-13,19-20,23,25H,3-11,14-18H2,1-2H3,(H3,29,30)/t23-,25+/m0/s1. The summed E-state index contributed by atoms with van der Waals surface area (Å²) in [5.41, 5.74) is 8.96. The number of fused-ring (bicyclic) bond motifs is 1. The van der Waals surface area contributed by atoms with Gasteiger partial charge in [0.2, 0.25) is 5.91 Å². The minimum atomic E-state index is 0.106. The maximum atomic E-state index is 13.6. The Morgan fingerprint density at radius 2 is 1.91 bits per heavy atom. The molecule has 1 aromatic heterocycles. The number of nitrogens with two attached hydrogens (primary N) is 1. The van der Waals surface area contributed by atoms with Crippen LogP contribution in [0, 0.1) is 5.41 Å². The molecule has 2 fully saturated rings. The van der Waals surface area contributed by atoms with Gasteiger partial charge in [-0.3, -0.25) is 15.1 Å². The lowest BCUT2D eigenvalue weighted by Crippen LogP contribution is -2.47. The smallest absolute Gasteiger partial charge is 0.240 e. The van der Waals surface area contributed by atoms with Gasteiger partial charge in [0, 0.05) is 35.9 Å². The van der Waals surface area contributed by atoms with Gasteiger partial charge in [0.25, 0.3) is 0 Å². The molecule has 34 heavy (non-hydrogen) atoms. The molecule has 186 valence electrons. The quantitative estimate of drug-likeness (QED) is 0.281. The number of nitrogen functional groups attached to an aromatic ring is 1. The van der Waals surface area contributed by atoms with Crippen molar-refractivity contribution in [1.82, 2.24) is 14.4 Å². The first kappa shape index (κ1) is 24.8. The van der Waals surface area contributed by atoms with Crippen molar-refractivity contribution >= 4 is 22.6 Å². The summed E-state index contributed by atoms with van der Waals surface area (Å²) in [4.78, 5) is 18.3. The fourth-order valence-corrected chi connectivity index (χ4v) is 6.11. The molecular formula is C28H43N5O. The molecule has 1 amide bonds. The average molecular weight is 466 g/mol. The summed E-state index contributed by atoms with van der Waals surface area (Å²) in [6, 6.07) is 8.77. The molecule has 0 unspecified atom stereocenters. The van der Waals surface area contributed by atoms with Crippen LogP contribution in [0.1, 0.15) is 82.9 Å². The van der Waals surface area contributed by atoms with E-state index in [1.165, 1.54) is 36.8 Å². The number of likely N-dealkylation sites (tertiary alicyclic amines) is 2. The molecule has 2 atom stereocenters. The van der Waals surface area contributed by atoms with E-state index >= 15 is 0 Å². The van der Waals surface area contributed by atoms with Crippen LogP contribution in [0.2, 0.25) is 0 Å². The lowest BCUT2D eigenvalue weighted by Gasteiger charge is -2.31. The van der Waals surface area contributed by atoms with Crippen molar-refractivity contribution in [3.63, 3.8) is 0 Å². The summed E-state index contributed by atoms with van der Waals surface area (Å²) in [7, 11) is 0. The van der Waals surface area contributed by atoms with Crippen molar-refractivity contribution in [2.75, 3.05) is 19.6 Å². The predicted molar refractivity (Wildman–Crippen MR) is 140 cm³/mol. The van der Waals surface area contributed by atoms with E-state index in [2.05, 4.69) is 40.3 Å². The maximum Gasteiger partial charge on any atom is 0.240 e. The molecule has 2 saturated heterocycles. The zero-order valence-corrected chi connectivity index (χ0v) is 21.2. The normalized spacial score (nSPS) is 21.1. The number of carbonyl (C=O) groups is 1. The topological polar surface area (TPSA) is 78.3 Å². The van der Waals surface area contributed by atoms with Crippen LogP contribution in [0.4, 0.5) is 0 Å². The number of nitrogens with zero attached hydrogens (tertiary/aromatic N) is 3. The van der Waals surface area contributed by atoms with E-state index in [1.54, 1.807) is 0 Å². The van der Waals surface area contributed by atoms with E-state index in [-0.39, 0.29) is 11.9 Å². The Balaban J connectivity index is 1.41. The van der Waals surface area contributed by atoms with Gasteiger partial charge in [-0.15, -0.1) is 0 Å². The largest absolute Gasteiger partial charge is 0.384 e. The van der Waals surface area contributed by atoms with E-state index in [0.29, 0.717) is 11.9 Å². The molecule has 0 saturated carbocycles. The lowest BCUT2D eigenvalue weighted by atomic mass is 10.1. The summed E-state index contributed by atoms with van der Waals surface area (Å²) in [5, 5.41) is 8.97. The van der Waals surface area contributed by atoms with Gasteiger partial charge in [-0.25, -0.2) is 0 Å². The van der Waals surface area contributed by atoms with Crippen LogP contribution >= 0.6 is 0 Å². The number of nitrogens with one attached hydrogen (secondary N) is 1. The molecule has 0 spiro atoms. The van der Waals surface area contributed by atoms with Gasteiger partial charge in [-0.05, 0) is 82.5 Å². The van der Waals surface area contributed by atoms with Gasteiger partial charge in [0.05, 0.1) is 6.04 Å². The monoisotopic (exact) mass is 465 g/mol. The van der Waals surface area contributed by atoms with Gasteiger partial charge in [-0.1, -0.05) is 38.3 Å². The van der Waals surface area contributed by atoms with Crippen LogP contribution in [0.15, 0.2) is 24.3 Å². The third kappa shape index (κ3) is 5.32. The van der Waals surface area contributed by atoms with Crippen molar-refractivity contribution in [1.29, 1.82) is 5.41 Å². The van der Waals surface area contributed by atoms with Gasteiger partial charge in [0.1, 0.15) is 5.84 Å². The highest BCUT2D eigenvalue weighted by molar-refractivity contribution is 5.98. The second kappa shape index (κ2) is 11.4. The number of amidine groups is 1. The molecule has 4 rings (SSSR count). The second-order valence-electron chi connectivity index (χ2n) is 10.2. The van der Waals surface area contributed by atoms with E-state index < -0.39 is 0 Å². The van der Waals surface area contributed by atoms with Crippen LogP contribution in [0.25, 0.3) is 10.9 Å². The SMILES string of the molecule is CCCCCCN1CCC[C@@H]1C(=O)N1CCC[C@H]1CCc1cc2ccc(C(=N)N)cc2n1CC. The molecule has 6 heteroatoms. The fraction of sp³-hybridized carbons (Fsp3) is 0.643. The zero-order chi connectivity index (χ0) is 24.1. The molecule has 1 aromatic carbocycles. The molecule has 2 aliphatic heterocycles. The van der Waals surface area contributed by atoms with Crippen molar-refractivity contribution in [3.05, 3.63) is 35.5 Å². The maximum absolute atomic E-state index is 13.6. The van der Waals surface area contributed by atoms with Crippen LogP contribution in [-0.4, -0.2) is 57.8 Å². The Morgan fingerprint density at radius 3 is 2.68 bits per heavy atom. The number of rotatable bonds is 11. The predicted octanol–water partition coefficient (Wildman–Crippen LogP) is 4.91. The second-order valence-corrected chi connectivity index (χ2v) is 10.2. The highest BCUT2D eigenvalue weighted by Crippen LogP contribution is 2.29. The number of unbranched alkanes of at least 4 members (excludes halogenated alkanes) is 3. The summed E-state index contributed by atoms with van der Waals surface area (Å²) in [6.07, 6.45) is 11.5. The highest BCUT2D eigenvalue weighted by Gasteiger charge is 2.37. The van der Waals surface area contributed by atoms with E-state index in [0.717, 1.165) is 75.8 Å². The molecule has 3 N–H and O–H groups in total. The molecule has 0 aliphatic carbocycles. The summed E-state index contributed by atoms with van der Waals surface area (Å²) < 4.78 is 2.35. The highest BCUT2D eigenvalue weighted by atomic mass is 16.2. The van der Waals surface area contributed by atoms with Crippen LogP contribution in [0.3, 0.4) is 0 Å². The number of amides is 1. The van der Waals surface area contributed by atoms with Crippen molar-refractivity contribution in [2.24, 2.45) is 5.73 Å². The average Bonchev–Trinajstić information content (AvgIpc) is 3.57. The van der Waals surface area contributed by atoms with E-state index in [9.17, 15) is 4.79 Å². The van der Waals surface area contributed by atoms with Gasteiger partial charge in [-0.2, -0.15) is 0 Å². The molecule has 2 aromatic rings. The van der Waals surface area contributed by atoms with E-state index in [1.807, 2.05) is 12.1 Å². The fourth-order valence-electron chi connectivity index (χ4n) is 6.11. The van der Waals surface area contributed by atoms with Gasteiger partial charge in [0.15, 0.2) is 0 Å². The molecule has 6 nitrogen and oxygen atoms in total. The third-order valence-electron chi connectivity index (χ3n) is 7.96. The number of hydrogen-bond donors (Lipinski definition) is 2. The first-order chi connectivity index (χ1) is 16.5. The number of hydrogen-bond acceptors (Lipinski definition) is 3. The van der Waals surface area contributed by atoms with Crippen molar-refractivity contribution in [3.8, 4) is 0 Å². The Hall–Kier alpha value is -2.34. The van der Waals surface area contributed by atoms with Crippen LogP contribution in [-0.2, 0) is 17.8 Å². The lowest BCUT2D eigenvalue weighted by molar-refractivity contribution is -0.137. The first-order valence-corrected chi connectivity index (χ1v) is 13.5. The minimum absolute atomic E-state index is 0.106. The number of benzene rings is 1. The Kier molecular flexibility index (Phi) is 8.30.